The molecule has 2 aromatic rings. The average Bonchev–Trinajstić information content (AvgIpc) is 3.18. The molecule has 0 aliphatic heterocycles. The minimum atomic E-state index is -4.57. The Morgan fingerprint density at radius 1 is 1.32 bits per heavy atom. The van der Waals surface area contributed by atoms with E-state index in [1.54, 1.807) is 13.1 Å². The molecular weight excluding hydrogens is 333 g/mol. The lowest BCUT2D eigenvalue weighted by molar-refractivity contribution is -0.137. The lowest BCUT2D eigenvalue weighted by atomic mass is 9.84. The molecule has 0 spiro atoms. The van der Waals surface area contributed by atoms with Gasteiger partial charge >= 0.3 is 6.18 Å². The van der Waals surface area contributed by atoms with Crippen LogP contribution in [0.1, 0.15) is 49.7 Å². The van der Waals surface area contributed by atoms with Crippen molar-refractivity contribution in [1.29, 1.82) is 0 Å². The molecule has 2 bridgehead atoms. The molecule has 0 amide bonds. The van der Waals surface area contributed by atoms with Crippen LogP contribution in [0.4, 0.5) is 19.0 Å². The number of hydrogen-bond donors (Lipinski definition) is 2. The number of fused-ring (bicyclic) bond motifs is 1. The third kappa shape index (κ3) is 2.68. The van der Waals surface area contributed by atoms with Crippen LogP contribution >= 0.6 is 0 Å². The van der Waals surface area contributed by atoms with E-state index in [1.807, 2.05) is 4.57 Å². The van der Waals surface area contributed by atoms with Crippen molar-refractivity contribution in [2.75, 3.05) is 5.73 Å². The zero-order chi connectivity index (χ0) is 17.9. The smallest absolute Gasteiger partial charge is 0.385 e. The molecule has 0 aromatic carbocycles. The van der Waals surface area contributed by atoms with E-state index in [0.29, 0.717) is 17.4 Å². The lowest BCUT2D eigenvalue weighted by Crippen LogP contribution is -2.18. The summed E-state index contributed by atoms with van der Waals surface area (Å²) in [6, 6.07) is 1.23. The van der Waals surface area contributed by atoms with Crippen molar-refractivity contribution in [3.8, 4) is 11.3 Å². The Labute approximate surface area is 142 Å². The van der Waals surface area contributed by atoms with Gasteiger partial charge in [0.2, 0.25) is 0 Å². The van der Waals surface area contributed by atoms with E-state index in [0.717, 1.165) is 18.4 Å². The van der Waals surface area contributed by atoms with Gasteiger partial charge in [-0.1, -0.05) is 0 Å². The van der Waals surface area contributed by atoms with Crippen LogP contribution in [0.3, 0.4) is 0 Å². The molecule has 3 N–H and O–H groups in total. The van der Waals surface area contributed by atoms with Crippen molar-refractivity contribution in [3.05, 3.63) is 29.8 Å². The molecule has 8 heteroatoms. The molecule has 5 nitrogen and oxygen atoms in total. The number of aromatic nitrogens is 3. The van der Waals surface area contributed by atoms with E-state index < -0.39 is 23.7 Å². The number of halogens is 3. The molecule has 25 heavy (non-hydrogen) atoms. The van der Waals surface area contributed by atoms with E-state index in [9.17, 15) is 18.3 Å². The molecule has 0 radical (unpaired) electrons. The summed E-state index contributed by atoms with van der Waals surface area (Å²) in [6.45, 7) is 1.62. The number of nitrogen functional groups attached to an aromatic ring is 1. The Bertz CT molecular complexity index is 809. The minimum absolute atomic E-state index is 0.243. The maximum Gasteiger partial charge on any atom is 0.419 e. The molecule has 5 rings (SSSR count). The zero-order valence-corrected chi connectivity index (χ0v) is 13.7. The summed E-state index contributed by atoms with van der Waals surface area (Å²) in [5, 5.41) is 10.1. The first kappa shape index (κ1) is 16.4. The monoisotopic (exact) mass is 352 g/mol. The fraction of sp³-hybridized carbons (Fsp3) is 0.529. The summed E-state index contributed by atoms with van der Waals surface area (Å²) in [6.07, 6.45) is 1.05. The Kier molecular flexibility index (Phi) is 3.57. The quantitative estimate of drug-likeness (QED) is 0.885. The SMILES string of the molecule is C[C@H](O)c1nc(-c2cnc(N)c(C(F)(F)F)c2)cn1[C@H]1CC2CC1C2. The van der Waals surface area contributed by atoms with Crippen molar-refractivity contribution in [1.82, 2.24) is 14.5 Å². The van der Waals surface area contributed by atoms with Crippen LogP contribution in [0.25, 0.3) is 11.3 Å². The summed E-state index contributed by atoms with van der Waals surface area (Å²) in [4.78, 5) is 8.07. The maximum atomic E-state index is 13.1. The molecule has 3 aliphatic carbocycles. The normalized spacial score (nSPS) is 26.5. The first-order chi connectivity index (χ1) is 11.7. The molecule has 3 aliphatic rings. The Hall–Kier alpha value is -2.09. The van der Waals surface area contributed by atoms with Gasteiger partial charge in [0, 0.05) is 24.0 Å². The third-order valence-corrected chi connectivity index (χ3v) is 5.40. The summed E-state index contributed by atoms with van der Waals surface area (Å²) in [5.41, 5.74) is 5.01. The van der Waals surface area contributed by atoms with Crippen molar-refractivity contribution in [2.45, 2.75) is 44.5 Å². The number of nitrogens with zero attached hydrogens (tertiary/aromatic N) is 3. The van der Waals surface area contributed by atoms with Gasteiger partial charge in [0.05, 0.1) is 11.3 Å². The summed E-state index contributed by atoms with van der Waals surface area (Å²) >= 11 is 0. The van der Waals surface area contributed by atoms with Gasteiger partial charge in [0.15, 0.2) is 0 Å². The number of hydrogen-bond acceptors (Lipinski definition) is 4. The van der Waals surface area contributed by atoms with Gasteiger partial charge in [0.1, 0.15) is 17.7 Å². The third-order valence-electron chi connectivity index (χ3n) is 5.40. The second-order valence-electron chi connectivity index (χ2n) is 7.12. The molecule has 2 aromatic heterocycles. The van der Waals surface area contributed by atoms with Gasteiger partial charge in [-0.3, -0.25) is 0 Å². The Morgan fingerprint density at radius 2 is 2.04 bits per heavy atom. The number of aliphatic hydroxyl groups is 1. The lowest BCUT2D eigenvalue weighted by Gasteiger charge is -2.26. The Morgan fingerprint density at radius 3 is 2.60 bits per heavy atom. The number of alkyl halides is 3. The first-order valence-corrected chi connectivity index (χ1v) is 8.34. The van der Waals surface area contributed by atoms with Gasteiger partial charge in [-0.15, -0.1) is 0 Å². The molecular formula is C17H19F3N4O. The van der Waals surface area contributed by atoms with E-state index in [2.05, 4.69) is 9.97 Å². The van der Waals surface area contributed by atoms with E-state index in [-0.39, 0.29) is 11.6 Å². The highest BCUT2D eigenvalue weighted by Gasteiger charge is 2.46. The van der Waals surface area contributed by atoms with Crippen molar-refractivity contribution >= 4 is 5.82 Å². The molecule has 2 atom stereocenters. The molecule has 3 saturated carbocycles. The first-order valence-electron chi connectivity index (χ1n) is 8.34. The van der Waals surface area contributed by atoms with Crippen LogP contribution in [-0.2, 0) is 6.18 Å². The molecule has 3 fully saturated rings. The van der Waals surface area contributed by atoms with E-state index >= 15 is 0 Å². The van der Waals surface area contributed by atoms with Crippen LogP contribution in [0.5, 0.6) is 0 Å². The minimum Gasteiger partial charge on any atom is -0.385 e. The topological polar surface area (TPSA) is 77.0 Å². The van der Waals surface area contributed by atoms with Crippen molar-refractivity contribution < 1.29 is 18.3 Å². The predicted octanol–water partition coefficient (Wildman–Crippen LogP) is 3.57. The fourth-order valence-corrected chi connectivity index (χ4v) is 4.13. The summed E-state index contributed by atoms with van der Waals surface area (Å²) in [7, 11) is 0. The number of nitrogens with two attached hydrogens (primary N) is 1. The van der Waals surface area contributed by atoms with Crippen molar-refractivity contribution in [2.24, 2.45) is 11.8 Å². The average molecular weight is 352 g/mol. The summed E-state index contributed by atoms with van der Waals surface area (Å²) < 4.78 is 41.2. The fourth-order valence-electron chi connectivity index (χ4n) is 4.13. The summed E-state index contributed by atoms with van der Waals surface area (Å²) in [5.74, 6) is 1.22. The number of rotatable bonds is 3. The standard InChI is InChI=1S/C17H19F3N4O/c1-8(25)16-23-13(7-24(16)14-4-9-2-10(14)3-9)11-5-12(17(18,19)20)15(21)22-6-11/h5-10,14,25H,2-4H2,1H3,(H2,21,22)/t8-,9?,10?,14-/m0/s1. The highest BCUT2D eigenvalue weighted by Crippen LogP contribution is 2.55. The van der Waals surface area contributed by atoms with Gasteiger partial charge in [0.25, 0.3) is 0 Å². The number of pyridine rings is 1. The van der Waals surface area contributed by atoms with Gasteiger partial charge in [-0.2, -0.15) is 13.2 Å². The van der Waals surface area contributed by atoms with Crippen LogP contribution < -0.4 is 5.73 Å². The van der Waals surface area contributed by atoms with Crippen molar-refractivity contribution in [3.63, 3.8) is 0 Å². The van der Waals surface area contributed by atoms with Gasteiger partial charge < -0.3 is 15.4 Å². The molecule has 134 valence electrons. The second-order valence-corrected chi connectivity index (χ2v) is 7.12. The zero-order valence-electron chi connectivity index (χ0n) is 13.7. The van der Waals surface area contributed by atoms with Gasteiger partial charge in [-0.25, -0.2) is 9.97 Å². The van der Waals surface area contributed by atoms with E-state index in [1.165, 1.54) is 19.0 Å². The Balaban J connectivity index is 1.76. The highest BCUT2D eigenvalue weighted by atomic mass is 19.4. The van der Waals surface area contributed by atoms with Crippen LogP contribution in [0.2, 0.25) is 0 Å². The number of aliphatic hydroxyl groups excluding tert-OH is 1. The second kappa shape index (κ2) is 5.45. The number of anilines is 1. The number of imidazole rings is 1. The highest BCUT2D eigenvalue weighted by molar-refractivity contribution is 5.62. The van der Waals surface area contributed by atoms with Crippen LogP contribution in [0, 0.1) is 11.8 Å². The molecule has 2 heterocycles. The van der Waals surface area contributed by atoms with Gasteiger partial charge in [-0.05, 0) is 44.1 Å². The van der Waals surface area contributed by atoms with Crippen LogP contribution in [-0.4, -0.2) is 19.6 Å². The largest absolute Gasteiger partial charge is 0.419 e. The van der Waals surface area contributed by atoms with Crippen LogP contribution in [0.15, 0.2) is 18.5 Å². The maximum absolute atomic E-state index is 13.1. The van der Waals surface area contributed by atoms with E-state index in [4.69, 9.17) is 5.73 Å². The molecule has 0 unspecified atom stereocenters. The predicted molar refractivity (Wildman–Crippen MR) is 85.4 cm³/mol. The molecule has 0 saturated heterocycles.